The normalized spacial score (nSPS) is 13.2. The highest BCUT2D eigenvalue weighted by atomic mass is 16.6. The molecule has 0 aliphatic rings. The third kappa shape index (κ3) is 9.03. The molecule has 22 heavy (non-hydrogen) atoms. The van der Waals surface area contributed by atoms with E-state index in [0.717, 1.165) is 0 Å². The zero-order chi connectivity index (χ0) is 17.8. The first-order chi connectivity index (χ1) is 9.63. The van der Waals surface area contributed by atoms with Crippen LogP contribution in [0.15, 0.2) is 0 Å². The molecule has 0 N–H and O–H groups in total. The third-order valence-electron chi connectivity index (χ3n) is 2.55. The maximum absolute atomic E-state index is 11.8. The van der Waals surface area contributed by atoms with E-state index >= 15 is 0 Å². The summed E-state index contributed by atoms with van der Waals surface area (Å²) in [5.41, 5.74) is -1.57. The molecule has 0 unspecified atom stereocenters. The van der Waals surface area contributed by atoms with E-state index in [-0.39, 0.29) is 25.2 Å². The van der Waals surface area contributed by atoms with Gasteiger partial charge in [0.2, 0.25) is 0 Å². The van der Waals surface area contributed by atoms with E-state index in [1.54, 1.807) is 41.5 Å². The van der Waals surface area contributed by atoms with E-state index in [1.165, 1.54) is 0 Å². The summed E-state index contributed by atoms with van der Waals surface area (Å²) in [5, 5.41) is 0. The molecule has 0 atom stereocenters. The van der Waals surface area contributed by atoms with Gasteiger partial charge < -0.3 is 14.2 Å². The highest BCUT2D eigenvalue weighted by molar-refractivity contribution is 5.75. The van der Waals surface area contributed by atoms with E-state index in [4.69, 9.17) is 14.2 Å². The van der Waals surface area contributed by atoms with Crippen LogP contribution in [-0.2, 0) is 23.8 Å². The Bertz CT molecular complexity index is 349. The SMILES string of the molecule is CC(C)(C)OC(COC(=O)C(C)(C)C)COC(=O)C(C)(C)C. The molecular formula is C17H32O5. The van der Waals surface area contributed by atoms with Crippen LogP contribution in [0.25, 0.3) is 0 Å². The predicted octanol–water partition coefficient (Wildman–Crippen LogP) is 3.35. The second-order valence-corrected chi connectivity index (χ2v) is 8.55. The Morgan fingerprint density at radius 2 is 1.05 bits per heavy atom. The molecule has 0 aliphatic carbocycles. The molecule has 0 fully saturated rings. The number of hydrogen-bond donors (Lipinski definition) is 0. The Kier molecular flexibility index (Phi) is 7.07. The standard InChI is InChI=1S/C17H32O5/c1-15(2,3)13(18)20-10-12(22-17(7,8)9)11-21-14(19)16(4,5)6/h12H,10-11H2,1-9H3. The lowest BCUT2D eigenvalue weighted by Gasteiger charge is -2.29. The molecule has 5 nitrogen and oxygen atoms in total. The average molecular weight is 316 g/mol. The van der Waals surface area contributed by atoms with Crippen LogP contribution in [0.5, 0.6) is 0 Å². The molecule has 0 saturated heterocycles. The van der Waals surface area contributed by atoms with Crippen molar-refractivity contribution in [1.29, 1.82) is 0 Å². The Labute approximate surface area is 134 Å². The first kappa shape index (κ1) is 20.9. The highest BCUT2D eigenvalue weighted by Gasteiger charge is 2.28. The van der Waals surface area contributed by atoms with Gasteiger partial charge >= 0.3 is 11.9 Å². The van der Waals surface area contributed by atoms with E-state index in [1.807, 2.05) is 20.8 Å². The molecule has 0 aromatic carbocycles. The molecular weight excluding hydrogens is 284 g/mol. The van der Waals surface area contributed by atoms with Crippen LogP contribution in [0.1, 0.15) is 62.3 Å². The van der Waals surface area contributed by atoms with Crippen molar-refractivity contribution in [2.75, 3.05) is 13.2 Å². The summed E-state index contributed by atoms with van der Waals surface area (Å²) >= 11 is 0. The summed E-state index contributed by atoms with van der Waals surface area (Å²) in [7, 11) is 0. The van der Waals surface area contributed by atoms with Crippen molar-refractivity contribution in [2.45, 2.75) is 74.0 Å². The third-order valence-corrected chi connectivity index (χ3v) is 2.55. The largest absolute Gasteiger partial charge is 0.462 e. The smallest absolute Gasteiger partial charge is 0.311 e. The fraction of sp³-hybridized carbons (Fsp3) is 0.882. The molecule has 5 heteroatoms. The van der Waals surface area contributed by atoms with E-state index in [9.17, 15) is 9.59 Å². The number of esters is 2. The second-order valence-electron chi connectivity index (χ2n) is 8.55. The molecule has 0 spiro atoms. The van der Waals surface area contributed by atoms with Gasteiger partial charge in [-0.15, -0.1) is 0 Å². The minimum absolute atomic E-state index is 0.0603. The minimum atomic E-state index is -0.575. The zero-order valence-electron chi connectivity index (χ0n) is 15.5. The van der Waals surface area contributed by atoms with Gasteiger partial charge in [-0.3, -0.25) is 9.59 Å². The fourth-order valence-electron chi connectivity index (χ4n) is 1.39. The van der Waals surface area contributed by atoms with Gasteiger partial charge in [0.25, 0.3) is 0 Å². The maximum Gasteiger partial charge on any atom is 0.311 e. The summed E-state index contributed by atoms with van der Waals surface area (Å²) in [5.74, 6) is -0.616. The van der Waals surface area contributed by atoms with Gasteiger partial charge in [0.05, 0.1) is 16.4 Å². The van der Waals surface area contributed by atoms with Crippen molar-refractivity contribution >= 4 is 11.9 Å². The highest BCUT2D eigenvalue weighted by Crippen LogP contribution is 2.19. The van der Waals surface area contributed by atoms with Crippen molar-refractivity contribution in [1.82, 2.24) is 0 Å². The average Bonchev–Trinajstić information content (AvgIpc) is 2.27. The van der Waals surface area contributed by atoms with Crippen molar-refractivity contribution in [3.05, 3.63) is 0 Å². The van der Waals surface area contributed by atoms with Crippen molar-refractivity contribution in [3.63, 3.8) is 0 Å². The van der Waals surface area contributed by atoms with Crippen LogP contribution in [-0.4, -0.2) is 36.9 Å². The van der Waals surface area contributed by atoms with Gasteiger partial charge in [-0.2, -0.15) is 0 Å². The molecule has 0 aromatic rings. The summed E-state index contributed by atoms with van der Waals surface area (Å²) in [4.78, 5) is 23.7. The first-order valence-electron chi connectivity index (χ1n) is 7.65. The van der Waals surface area contributed by atoms with Crippen LogP contribution < -0.4 is 0 Å². The number of carbonyl (C=O) groups excluding carboxylic acids is 2. The van der Waals surface area contributed by atoms with Crippen LogP contribution in [0.4, 0.5) is 0 Å². The quantitative estimate of drug-likeness (QED) is 0.728. The molecule has 0 amide bonds. The van der Waals surface area contributed by atoms with E-state index in [0.29, 0.717) is 0 Å². The summed E-state index contributed by atoms with van der Waals surface area (Å²) in [6.45, 7) is 16.5. The van der Waals surface area contributed by atoms with Crippen LogP contribution >= 0.6 is 0 Å². The van der Waals surface area contributed by atoms with Gasteiger partial charge in [-0.05, 0) is 62.3 Å². The monoisotopic (exact) mass is 316 g/mol. The Balaban J connectivity index is 4.65. The molecule has 0 radical (unpaired) electrons. The molecule has 0 saturated carbocycles. The topological polar surface area (TPSA) is 61.8 Å². The van der Waals surface area contributed by atoms with Gasteiger partial charge in [0.1, 0.15) is 19.3 Å². The predicted molar refractivity (Wildman–Crippen MR) is 85.5 cm³/mol. The van der Waals surface area contributed by atoms with Gasteiger partial charge in [-0.1, -0.05) is 0 Å². The molecule has 0 aromatic heterocycles. The molecule has 130 valence electrons. The van der Waals surface area contributed by atoms with Crippen LogP contribution in [0.2, 0.25) is 0 Å². The number of carbonyl (C=O) groups is 2. The van der Waals surface area contributed by atoms with Crippen LogP contribution in [0.3, 0.4) is 0 Å². The first-order valence-corrected chi connectivity index (χ1v) is 7.65. The van der Waals surface area contributed by atoms with Crippen molar-refractivity contribution in [2.24, 2.45) is 10.8 Å². The lowest BCUT2D eigenvalue weighted by molar-refractivity contribution is -0.172. The number of ether oxygens (including phenoxy) is 3. The Hall–Kier alpha value is -1.10. The fourth-order valence-corrected chi connectivity index (χ4v) is 1.39. The summed E-state index contributed by atoms with van der Waals surface area (Å²) in [6, 6.07) is 0. The number of rotatable bonds is 5. The molecule has 0 heterocycles. The summed E-state index contributed by atoms with van der Waals surface area (Å²) < 4.78 is 16.4. The number of hydrogen-bond acceptors (Lipinski definition) is 5. The second kappa shape index (κ2) is 7.44. The molecule has 0 aliphatic heterocycles. The summed E-state index contributed by atoms with van der Waals surface area (Å²) in [6.07, 6.45) is -0.488. The maximum atomic E-state index is 11.8. The van der Waals surface area contributed by atoms with Gasteiger partial charge in [0.15, 0.2) is 0 Å². The zero-order valence-corrected chi connectivity index (χ0v) is 15.5. The van der Waals surface area contributed by atoms with Gasteiger partial charge in [-0.25, -0.2) is 0 Å². The molecule has 0 bridgehead atoms. The van der Waals surface area contributed by atoms with Gasteiger partial charge in [0, 0.05) is 0 Å². The molecule has 0 rings (SSSR count). The Morgan fingerprint density at radius 1 is 0.727 bits per heavy atom. The van der Waals surface area contributed by atoms with Crippen molar-refractivity contribution in [3.8, 4) is 0 Å². The lowest BCUT2D eigenvalue weighted by Crippen LogP contribution is -2.38. The minimum Gasteiger partial charge on any atom is -0.462 e. The van der Waals surface area contributed by atoms with E-state index < -0.39 is 22.5 Å². The van der Waals surface area contributed by atoms with E-state index in [2.05, 4.69) is 0 Å². The van der Waals surface area contributed by atoms with Crippen LogP contribution in [0, 0.1) is 10.8 Å². The lowest BCUT2D eigenvalue weighted by atomic mass is 9.97. The Morgan fingerprint density at radius 3 is 1.27 bits per heavy atom. The van der Waals surface area contributed by atoms with Crippen molar-refractivity contribution < 1.29 is 23.8 Å².